The maximum Gasteiger partial charge on any atom is 0.500 e. The van der Waals surface area contributed by atoms with Crippen LogP contribution < -0.4 is 0 Å². The second-order valence-corrected chi connectivity index (χ2v) is 5.14. The molecule has 0 saturated carbocycles. The van der Waals surface area contributed by atoms with Crippen LogP contribution in [0.4, 0.5) is 0 Å². The van der Waals surface area contributed by atoms with Crippen molar-refractivity contribution in [2.24, 2.45) is 0 Å². The summed E-state index contributed by atoms with van der Waals surface area (Å²) >= 11 is 0. The van der Waals surface area contributed by atoms with Gasteiger partial charge >= 0.3 is 8.80 Å². The molecule has 0 aliphatic rings. The van der Waals surface area contributed by atoms with E-state index in [1.807, 2.05) is 0 Å². The Hall–Kier alpha value is -0.233. The van der Waals surface area contributed by atoms with Gasteiger partial charge in [0.05, 0.1) is 0 Å². The minimum Gasteiger partial charge on any atom is -0.377 e. The maximum atomic E-state index is 5.50. The van der Waals surface area contributed by atoms with Crippen molar-refractivity contribution in [3.63, 3.8) is 0 Å². The normalized spacial score (nSPS) is 10.3. The molecule has 5 heteroatoms. The lowest BCUT2D eigenvalue weighted by Crippen LogP contribution is -2.42. The second-order valence-electron chi connectivity index (χ2n) is 2.05. The lowest BCUT2D eigenvalue weighted by atomic mass is 10.6. The summed E-state index contributed by atoms with van der Waals surface area (Å²) in [5.41, 5.74) is 0. The zero-order chi connectivity index (χ0) is 10.0. The van der Waals surface area contributed by atoms with Crippen LogP contribution in [0.1, 0.15) is 13.3 Å². The fourth-order valence-electron chi connectivity index (χ4n) is 0.862. The molecule has 0 aromatic heterocycles. The van der Waals surface area contributed by atoms with Crippen LogP contribution in [-0.2, 0) is 13.3 Å². The molecule has 0 aliphatic heterocycles. The van der Waals surface area contributed by atoms with Gasteiger partial charge in [-0.2, -0.15) is 0 Å². The Labute approximate surface area is 75.7 Å². The fraction of sp³-hybridized carbons (Fsp3) is 0.857. The zero-order valence-electron chi connectivity index (χ0n) is 8.35. The van der Waals surface area contributed by atoms with Crippen molar-refractivity contribution < 1.29 is 13.3 Å². The Kier molecular flexibility index (Phi) is 10.6. The Morgan fingerprint density at radius 2 is 1.42 bits per heavy atom. The summed E-state index contributed by atoms with van der Waals surface area (Å²) in [5, 5.41) is 5.50. The molecule has 12 heavy (non-hydrogen) atoms. The molecule has 0 radical (unpaired) electrons. The van der Waals surface area contributed by atoms with E-state index in [1.54, 1.807) is 21.3 Å². The topological polar surface area (TPSA) is 51.5 Å². The Morgan fingerprint density at radius 1 is 1.08 bits per heavy atom. The summed E-state index contributed by atoms with van der Waals surface area (Å²) in [7, 11) is 2.68. The predicted octanol–water partition coefficient (Wildman–Crippen LogP) is 1.54. The van der Waals surface area contributed by atoms with Gasteiger partial charge in [-0.3, -0.25) is 0 Å². The molecular weight excluding hydrogens is 174 g/mol. The van der Waals surface area contributed by atoms with Crippen molar-refractivity contribution in [2.75, 3.05) is 21.3 Å². The second kappa shape index (κ2) is 8.86. The summed E-state index contributed by atoms with van der Waals surface area (Å²) in [6, 6.07) is 0.885. The molecule has 0 saturated heterocycles. The molecule has 0 rings (SSSR count). The maximum absolute atomic E-state index is 5.50. The summed E-state index contributed by atoms with van der Waals surface area (Å²) < 4.78 is 15.5. The van der Waals surface area contributed by atoms with Crippen LogP contribution in [0.5, 0.6) is 0 Å². The highest BCUT2D eigenvalue weighted by atomic mass is 28.4. The van der Waals surface area contributed by atoms with Gasteiger partial charge in [-0.25, -0.2) is 0 Å². The quantitative estimate of drug-likeness (QED) is 0.532. The van der Waals surface area contributed by atoms with Gasteiger partial charge in [0.15, 0.2) is 0 Å². The minimum absolute atomic E-state index is 0.885. The van der Waals surface area contributed by atoms with Gasteiger partial charge in [0.1, 0.15) is 0 Å². The van der Waals surface area contributed by atoms with Crippen molar-refractivity contribution in [3.05, 3.63) is 0 Å². The van der Waals surface area contributed by atoms with E-state index in [4.69, 9.17) is 18.7 Å². The monoisotopic (exact) mass is 193 g/mol. The van der Waals surface area contributed by atoms with Crippen molar-refractivity contribution in [3.8, 4) is 0 Å². The zero-order valence-corrected chi connectivity index (χ0v) is 9.35. The number of hydrogen-bond donors (Lipinski definition) is 1. The summed E-state index contributed by atoms with van der Waals surface area (Å²) in [5.74, 6) is 0. The first-order chi connectivity index (χ1) is 5.74. The van der Waals surface area contributed by atoms with Crippen molar-refractivity contribution in [1.82, 2.24) is 0 Å². The van der Waals surface area contributed by atoms with E-state index in [0.29, 0.717) is 0 Å². The summed E-state index contributed by atoms with van der Waals surface area (Å²) in [6.07, 6.45) is 1.03. The fourth-order valence-corrected chi connectivity index (χ4v) is 2.59. The van der Waals surface area contributed by atoms with Gasteiger partial charge in [-0.05, 0) is 6.72 Å². The van der Waals surface area contributed by atoms with E-state index >= 15 is 0 Å². The van der Waals surface area contributed by atoms with E-state index in [1.165, 1.54) is 0 Å². The molecule has 0 unspecified atom stereocenters. The van der Waals surface area contributed by atoms with Crippen LogP contribution in [0, 0.1) is 5.41 Å². The number of nitrogens with one attached hydrogen (secondary N) is 1. The Bertz CT molecular complexity index is 90.4. The SMILES string of the molecule is C=N.CCC[Si](OC)(OC)OC. The number of rotatable bonds is 5. The molecule has 0 aromatic carbocycles. The third-order valence-corrected chi connectivity index (χ3v) is 4.47. The van der Waals surface area contributed by atoms with E-state index in [2.05, 4.69) is 13.6 Å². The smallest absolute Gasteiger partial charge is 0.377 e. The molecule has 0 atom stereocenters. The first kappa shape index (κ1) is 14.3. The molecular formula is C7H19NO3Si. The molecule has 74 valence electrons. The molecule has 0 heterocycles. The molecule has 0 amide bonds. The lowest BCUT2D eigenvalue weighted by molar-refractivity contribution is 0.123. The van der Waals surface area contributed by atoms with Crippen molar-refractivity contribution in [2.45, 2.75) is 19.4 Å². The Balaban J connectivity index is 0. The van der Waals surface area contributed by atoms with Crippen LogP contribution in [0.3, 0.4) is 0 Å². The molecule has 0 fully saturated rings. The third-order valence-electron chi connectivity index (χ3n) is 1.49. The average molecular weight is 193 g/mol. The Morgan fingerprint density at radius 3 is 1.50 bits per heavy atom. The summed E-state index contributed by atoms with van der Waals surface area (Å²) in [6.45, 7) is 4.58. The lowest BCUT2D eigenvalue weighted by Gasteiger charge is -2.23. The molecule has 4 nitrogen and oxygen atoms in total. The van der Waals surface area contributed by atoms with Crippen LogP contribution in [0.15, 0.2) is 0 Å². The number of hydrogen-bond acceptors (Lipinski definition) is 4. The largest absolute Gasteiger partial charge is 0.500 e. The van der Waals surface area contributed by atoms with E-state index in [-0.39, 0.29) is 0 Å². The predicted molar refractivity (Wildman–Crippen MR) is 51.7 cm³/mol. The van der Waals surface area contributed by atoms with Gasteiger partial charge < -0.3 is 18.7 Å². The van der Waals surface area contributed by atoms with Gasteiger partial charge in [-0.15, -0.1) is 0 Å². The average Bonchev–Trinajstić information content (AvgIpc) is 2.18. The van der Waals surface area contributed by atoms with Crippen molar-refractivity contribution >= 4 is 15.5 Å². The molecule has 0 spiro atoms. The van der Waals surface area contributed by atoms with Gasteiger partial charge in [0.2, 0.25) is 0 Å². The molecule has 0 bridgehead atoms. The minimum atomic E-state index is -2.22. The summed E-state index contributed by atoms with van der Waals surface area (Å²) in [4.78, 5) is 0. The van der Waals surface area contributed by atoms with Gasteiger partial charge in [-0.1, -0.05) is 13.3 Å². The molecule has 0 aliphatic carbocycles. The van der Waals surface area contributed by atoms with Crippen LogP contribution in [-0.4, -0.2) is 36.9 Å². The van der Waals surface area contributed by atoms with Crippen LogP contribution in [0.2, 0.25) is 6.04 Å². The van der Waals surface area contributed by atoms with Crippen LogP contribution in [0.25, 0.3) is 0 Å². The van der Waals surface area contributed by atoms with Crippen molar-refractivity contribution in [1.29, 1.82) is 5.41 Å². The highest BCUT2D eigenvalue weighted by Gasteiger charge is 2.36. The molecule has 0 aromatic rings. The highest BCUT2D eigenvalue weighted by molar-refractivity contribution is 6.60. The first-order valence-corrected chi connectivity index (χ1v) is 5.68. The van der Waals surface area contributed by atoms with E-state index in [9.17, 15) is 0 Å². The van der Waals surface area contributed by atoms with Crippen LogP contribution >= 0.6 is 0 Å². The van der Waals surface area contributed by atoms with E-state index < -0.39 is 8.80 Å². The van der Waals surface area contributed by atoms with Gasteiger partial charge in [0.25, 0.3) is 0 Å². The van der Waals surface area contributed by atoms with Gasteiger partial charge in [0, 0.05) is 27.4 Å². The first-order valence-electron chi connectivity index (χ1n) is 3.75. The van der Waals surface area contributed by atoms with E-state index in [0.717, 1.165) is 12.5 Å². The molecule has 1 N–H and O–H groups in total. The third kappa shape index (κ3) is 4.61. The standard InChI is InChI=1S/C6H16O3Si.CH3N/c1-5-6-10(7-2,8-3)9-4;1-2/h5-6H2,1-4H3;2H,1H2. The highest BCUT2D eigenvalue weighted by Crippen LogP contribution is 2.13.